The summed E-state index contributed by atoms with van der Waals surface area (Å²) in [5.74, 6) is 1.76. The van der Waals surface area contributed by atoms with Crippen molar-refractivity contribution in [3.05, 3.63) is 47.4 Å². The molecule has 5 nitrogen and oxygen atoms in total. The van der Waals surface area contributed by atoms with Crippen molar-refractivity contribution in [1.82, 2.24) is 14.9 Å². The third kappa shape index (κ3) is 4.18. The molecule has 1 aliphatic carbocycles. The minimum absolute atomic E-state index is 0.0965. The molecule has 28 heavy (non-hydrogen) atoms. The van der Waals surface area contributed by atoms with Crippen LogP contribution in [0, 0.1) is 19.8 Å². The number of hydrogen-bond acceptors (Lipinski definition) is 4. The predicted octanol–water partition coefficient (Wildman–Crippen LogP) is 5.08. The van der Waals surface area contributed by atoms with Crippen molar-refractivity contribution in [2.45, 2.75) is 64.8 Å². The molecule has 4 rings (SSSR count). The molecule has 2 aliphatic rings. The maximum absolute atomic E-state index is 13.0. The Balaban J connectivity index is 1.53. The molecule has 1 atom stereocenters. The summed E-state index contributed by atoms with van der Waals surface area (Å²) in [5.41, 5.74) is 4.05. The summed E-state index contributed by atoms with van der Waals surface area (Å²) in [6, 6.07) is 8.21. The number of aryl methyl sites for hydroxylation is 2. The Morgan fingerprint density at radius 2 is 2.00 bits per heavy atom. The first kappa shape index (κ1) is 18.9. The van der Waals surface area contributed by atoms with E-state index in [2.05, 4.69) is 21.3 Å². The Morgan fingerprint density at radius 1 is 1.18 bits per heavy atom. The van der Waals surface area contributed by atoms with Gasteiger partial charge in [-0.2, -0.15) is 0 Å². The van der Waals surface area contributed by atoms with E-state index in [0.29, 0.717) is 18.2 Å². The van der Waals surface area contributed by atoms with E-state index in [1.165, 1.54) is 25.7 Å². The van der Waals surface area contributed by atoms with E-state index in [4.69, 9.17) is 4.98 Å². The second-order valence-electron chi connectivity index (χ2n) is 8.32. The SMILES string of the molecule is Cc1cc(Nc2ncccc2C)cc([C@@H]2CCCN2C(=O)CC2CCCC2)n1. The number of pyridine rings is 2. The average molecular weight is 379 g/mol. The lowest BCUT2D eigenvalue weighted by Crippen LogP contribution is -2.32. The lowest BCUT2D eigenvalue weighted by atomic mass is 10.0. The fourth-order valence-electron chi connectivity index (χ4n) is 4.64. The molecule has 1 N–H and O–H groups in total. The van der Waals surface area contributed by atoms with Gasteiger partial charge in [-0.3, -0.25) is 9.78 Å². The number of hydrogen-bond donors (Lipinski definition) is 1. The largest absolute Gasteiger partial charge is 0.340 e. The second-order valence-corrected chi connectivity index (χ2v) is 8.32. The highest BCUT2D eigenvalue weighted by molar-refractivity contribution is 5.77. The zero-order valence-corrected chi connectivity index (χ0v) is 16.9. The molecule has 0 bridgehead atoms. The minimum atomic E-state index is 0.0965. The highest BCUT2D eigenvalue weighted by Gasteiger charge is 2.32. The fourth-order valence-corrected chi connectivity index (χ4v) is 4.64. The van der Waals surface area contributed by atoms with Crippen molar-refractivity contribution in [2.24, 2.45) is 5.92 Å². The van der Waals surface area contributed by atoms with Crippen LogP contribution in [0.3, 0.4) is 0 Å². The van der Waals surface area contributed by atoms with Crippen molar-refractivity contribution < 1.29 is 4.79 Å². The van der Waals surface area contributed by atoms with Crippen LogP contribution in [0.2, 0.25) is 0 Å². The molecule has 1 saturated heterocycles. The highest BCUT2D eigenvalue weighted by atomic mass is 16.2. The number of amides is 1. The maximum Gasteiger partial charge on any atom is 0.223 e. The topological polar surface area (TPSA) is 58.1 Å². The summed E-state index contributed by atoms with van der Waals surface area (Å²) >= 11 is 0. The molecular formula is C23H30N4O. The molecule has 3 heterocycles. The molecule has 0 aromatic carbocycles. The number of nitrogens with one attached hydrogen (secondary N) is 1. The van der Waals surface area contributed by atoms with Gasteiger partial charge in [-0.05, 0) is 69.2 Å². The Morgan fingerprint density at radius 3 is 2.79 bits per heavy atom. The van der Waals surface area contributed by atoms with Crippen molar-refractivity contribution in [3.63, 3.8) is 0 Å². The number of carbonyl (C=O) groups excluding carboxylic acids is 1. The van der Waals surface area contributed by atoms with E-state index in [9.17, 15) is 4.79 Å². The Labute approximate surface area is 167 Å². The van der Waals surface area contributed by atoms with Crippen LogP contribution in [0.5, 0.6) is 0 Å². The van der Waals surface area contributed by atoms with Gasteiger partial charge in [0.2, 0.25) is 5.91 Å². The summed E-state index contributed by atoms with van der Waals surface area (Å²) in [6.07, 6.45) is 9.54. The van der Waals surface area contributed by atoms with Gasteiger partial charge in [-0.1, -0.05) is 18.9 Å². The first-order valence-electron chi connectivity index (χ1n) is 10.6. The lowest BCUT2D eigenvalue weighted by molar-refractivity contribution is -0.133. The fraction of sp³-hybridized carbons (Fsp3) is 0.522. The Kier molecular flexibility index (Phi) is 5.60. The van der Waals surface area contributed by atoms with Crippen LogP contribution in [0.25, 0.3) is 0 Å². The molecule has 2 aromatic rings. The molecule has 2 fully saturated rings. The molecule has 0 radical (unpaired) electrons. The van der Waals surface area contributed by atoms with Crippen LogP contribution in [0.1, 0.15) is 67.9 Å². The summed E-state index contributed by atoms with van der Waals surface area (Å²) in [4.78, 5) is 24.3. The third-order valence-electron chi connectivity index (χ3n) is 6.10. The molecule has 0 spiro atoms. The molecule has 1 amide bonds. The van der Waals surface area contributed by atoms with Gasteiger partial charge in [0.05, 0.1) is 11.7 Å². The Hall–Kier alpha value is -2.43. The van der Waals surface area contributed by atoms with Gasteiger partial charge in [0, 0.05) is 30.5 Å². The molecule has 148 valence electrons. The summed E-state index contributed by atoms with van der Waals surface area (Å²) in [6.45, 7) is 4.91. The molecule has 1 saturated carbocycles. The zero-order valence-electron chi connectivity index (χ0n) is 16.9. The van der Waals surface area contributed by atoms with Crippen molar-refractivity contribution in [2.75, 3.05) is 11.9 Å². The van der Waals surface area contributed by atoms with Gasteiger partial charge in [-0.25, -0.2) is 4.98 Å². The van der Waals surface area contributed by atoms with Crippen LogP contribution >= 0.6 is 0 Å². The normalized spacial score (nSPS) is 19.9. The second kappa shape index (κ2) is 8.29. The summed E-state index contributed by atoms with van der Waals surface area (Å²) < 4.78 is 0. The maximum atomic E-state index is 13.0. The van der Waals surface area contributed by atoms with Gasteiger partial charge in [0.25, 0.3) is 0 Å². The minimum Gasteiger partial charge on any atom is -0.340 e. The predicted molar refractivity (Wildman–Crippen MR) is 111 cm³/mol. The number of anilines is 2. The summed E-state index contributed by atoms with van der Waals surface area (Å²) in [7, 11) is 0. The number of likely N-dealkylation sites (tertiary alicyclic amines) is 1. The van der Waals surface area contributed by atoms with E-state index < -0.39 is 0 Å². The molecule has 1 aliphatic heterocycles. The summed E-state index contributed by atoms with van der Waals surface area (Å²) in [5, 5.41) is 3.43. The van der Waals surface area contributed by atoms with Gasteiger partial charge in [0.1, 0.15) is 5.82 Å². The van der Waals surface area contributed by atoms with Crippen LogP contribution in [-0.2, 0) is 4.79 Å². The number of nitrogens with zero attached hydrogens (tertiary/aromatic N) is 3. The number of carbonyl (C=O) groups is 1. The van der Waals surface area contributed by atoms with Crippen LogP contribution in [0.4, 0.5) is 11.5 Å². The lowest BCUT2D eigenvalue weighted by Gasteiger charge is -2.26. The van der Waals surface area contributed by atoms with E-state index in [-0.39, 0.29) is 6.04 Å². The van der Waals surface area contributed by atoms with Gasteiger partial charge in [-0.15, -0.1) is 0 Å². The van der Waals surface area contributed by atoms with Crippen molar-refractivity contribution in [1.29, 1.82) is 0 Å². The van der Waals surface area contributed by atoms with Crippen molar-refractivity contribution in [3.8, 4) is 0 Å². The third-order valence-corrected chi connectivity index (χ3v) is 6.10. The zero-order chi connectivity index (χ0) is 19.5. The first-order valence-corrected chi connectivity index (χ1v) is 10.6. The number of rotatable bonds is 5. The van der Waals surface area contributed by atoms with Crippen LogP contribution in [0.15, 0.2) is 30.5 Å². The molecular weight excluding hydrogens is 348 g/mol. The number of aromatic nitrogens is 2. The molecule has 2 aromatic heterocycles. The average Bonchev–Trinajstić information content (AvgIpc) is 3.35. The molecule has 5 heteroatoms. The van der Waals surface area contributed by atoms with E-state index in [1.807, 2.05) is 32.0 Å². The monoisotopic (exact) mass is 378 g/mol. The van der Waals surface area contributed by atoms with Crippen LogP contribution < -0.4 is 5.32 Å². The quantitative estimate of drug-likeness (QED) is 0.788. The Bertz CT molecular complexity index is 844. The standard InChI is InChI=1S/C23H30N4O/c1-16-7-5-11-24-23(16)26-19-13-17(2)25-20(15-19)21-10-6-12-27(21)22(28)14-18-8-3-4-9-18/h5,7,11,13,15,18,21H,3-4,6,8-10,12,14H2,1-2H3,(H,24,25,26)/t21-/m0/s1. The molecule has 0 unspecified atom stereocenters. The van der Waals surface area contributed by atoms with E-state index in [1.54, 1.807) is 6.20 Å². The highest BCUT2D eigenvalue weighted by Crippen LogP contribution is 2.35. The van der Waals surface area contributed by atoms with Gasteiger partial charge < -0.3 is 10.2 Å². The first-order chi connectivity index (χ1) is 13.6. The van der Waals surface area contributed by atoms with Crippen molar-refractivity contribution >= 4 is 17.4 Å². The van der Waals surface area contributed by atoms with Gasteiger partial charge >= 0.3 is 0 Å². The smallest absolute Gasteiger partial charge is 0.223 e. The van der Waals surface area contributed by atoms with E-state index >= 15 is 0 Å². The van der Waals surface area contributed by atoms with Gasteiger partial charge in [0.15, 0.2) is 0 Å². The van der Waals surface area contributed by atoms with Crippen LogP contribution in [-0.4, -0.2) is 27.3 Å². The van der Waals surface area contributed by atoms with E-state index in [0.717, 1.165) is 47.8 Å².